The van der Waals surface area contributed by atoms with E-state index in [0.29, 0.717) is 11.5 Å². The van der Waals surface area contributed by atoms with Gasteiger partial charge in [0.1, 0.15) is 11.5 Å². The summed E-state index contributed by atoms with van der Waals surface area (Å²) >= 11 is 0. The first-order valence-corrected chi connectivity index (χ1v) is 6.41. The normalized spacial score (nSPS) is 12.2. The Kier molecular flexibility index (Phi) is 3.97. The van der Waals surface area contributed by atoms with Crippen LogP contribution in [0.15, 0.2) is 18.2 Å². The Morgan fingerprint density at radius 1 is 1.45 bits per heavy atom. The van der Waals surface area contributed by atoms with Crippen molar-refractivity contribution >= 4 is 11.4 Å². The molecular weight excluding hydrogens is 258 g/mol. The predicted molar refractivity (Wildman–Crippen MR) is 75.6 cm³/mol. The fourth-order valence-electron chi connectivity index (χ4n) is 1.98. The Hall–Kier alpha value is -2.44. The number of benzene rings is 1. The van der Waals surface area contributed by atoms with Crippen LogP contribution in [0.3, 0.4) is 0 Å². The SMILES string of the molecule is CC[C@H](Nc1cc(C)ccc1[N+](=O)[O-])c1n[nH]c(C)n1. The summed E-state index contributed by atoms with van der Waals surface area (Å²) in [4.78, 5) is 15.0. The second kappa shape index (κ2) is 5.68. The highest BCUT2D eigenvalue weighted by Crippen LogP contribution is 2.29. The number of hydrogen-bond donors (Lipinski definition) is 2. The van der Waals surface area contributed by atoms with Gasteiger partial charge in [0.05, 0.1) is 11.0 Å². The van der Waals surface area contributed by atoms with Crippen LogP contribution >= 0.6 is 0 Å². The fraction of sp³-hybridized carbons (Fsp3) is 0.385. The monoisotopic (exact) mass is 275 g/mol. The van der Waals surface area contributed by atoms with E-state index in [1.54, 1.807) is 12.1 Å². The van der Waals surface area contributed by atoms with Gasteiger partial charge in [-0.2, -0.15) is 5.10 Å². The number of aromatic amines is 1. The van der Waals surface area contributed by atoms with Crippen molar-refractivity contribution in [1.29, 1.82) is 0 Å². The average molecular weight is 275 g/mol. The van der Waals surface area contributed by atoms with Crippen molar-refractivity contribution in [2.24, 2.45) is 0 Å². The Labute approximate surface area is 116 Å². The van der Waals surface area contributed by atoms with Crippen LogP contribution in [0.4, 0.5) is 11.4 Å². The highest BCUT2D eigenvalue weighted by Gasteiger charge is 2.19. The summed E-state index contributed by atoms with van der Waals surface area (Å²) in [6.07, 6.45) is 0.725. The molecular formula is C13H17N5O2. The number of hydrogen-bond acceptors (Lipinski definition) is 5. The standard InChI is InChI=1S/C13H17N5O2/c1-4-10(13-14-9(3)16-17-13)15-11-7-8(2)5-6-12(11)18(19)20/h5-7,10,15H,4H2,1-3H3,(H,14,16,17)/t10-/m0/s1. The Bertz CT molecular complexity index is 623. The van der Waals surface area contributed by atoms with E-state index in [1.165, 1.54) is 6.07 Å². The second-order valence-electron chi connectivity index (χ2n) is 4.66. The molecule has 2 rings (SSSR count). The van der Waals surface area contributed by atoms with Crippen LogP contribution in [0, 0.1) is 24.0 Å². The van der Waals surface area contributed by atoms with Gasteiger partial charge >= 0.3 is 0 Å². The van der Waals surface area contributed by atoms with Crippen molar-refractivity contribution in [3.8, 4) is 0 Å². The van der Waals surface area contributed by atoms with Gasteiger partial charge in [-0.05, 0) is 31.9 Å². The fourth-order valence-corrected chi connectivity index (χ4v) is 1.98. The first kappa shape index (κ1) is 14.0. The molecule has 0 aliphatic heterocycles. The van der Waals surface area contributed by atoms with Gasteiger partial charge in [-0.15, -0.1) is 0 Å². The summed E-state index contributed by atoms with van der Waals surface area (Å²) in [5, 5.41) is 21.1. The number of rotatable bonds is 5. The maximum absolute atomic E-state index is 11.1. The van der Waals surface area contributed by atoms with E-state index in [1.807, 2.05) is 20.8 Å². The molecule has 1 aromatic carbocycles. The minimum absolute atomic E-state index is 0.0568. The molecule has 1 aromatic heterocycles. The third-order valence-electron chi connectivity index (χ3n) is 3.01. The van der Waals surface area contributed by atoms with Gasteiger partial charge in [0.2, 0.25) is 0 Å². The van der Waals surface area contributed by atoms with Gasteiger partial charge in [0.15, 0.2) is 5.82 Å². The maximum Gasteiger partial charge on any atom is 0.292 e. The quantitative estimate of drug-likeness (QED) is 0.646. The lowest BCUT2D eigenvalue weighted by Gasteiger charge is -2.15. The van der Waals surface area contributed by atoms with Crippen molar-refractivity contribution in [2.45, 2.75) is 33.2 Å². The molecule has 0 bridgehead atoms. The molecule has 0 aliphatic carbocycles. The molecule has 0 radical (unpaired) electrons. The van der Waals surface area contributed by atoms with E-state index in [4.69, 9.17) is 0 Å². The third-order valence-corrected chi connectivity index (χ3v) is 3.01. The lowest BCUT2D eigenvalue weighted by atomic mass is 10.1. The number of aromatic nitrogens is 3. The molecule has 0 aliphatic rings. The summed E-state index contributed by atoms with van der Waals surface area (Å²) in [6, 6.07) is 4.83. The lowest BCUT2D eigenvalue weighted by molar-refractivity contribution is -0.384. The van der Waals surface area contributed by atoms with Crippen LogP contribution < -0.4 is 5.32 Å². The molecule has 0 saturated carbocycles. The minimum atomic E-state index is -0.391. The Balaban J connectivity index is 2.32. The number of aryl methyl sites for hydroxylation is 2. The molecule has 0 amide bonds. The van der Waals surface area contributed by atoms with Crippen molar-refractivity contribution in [3.63, 3.8) is 0 Å². The first-order chi connectivity index (χ1) is 9.51. The topological polar surface area (TPSA) is 96.7 Å². The van der Waals surface area contributed by atoms with Crippen LogP contribution in [0.1, 0.15) is 36.6 Å². The van der Waals surface area contributed by atoms with Gasteiger partial charge in [-0.1, -0.05) is 13.0 Å². The van der Waals surface area contributed by atoms with Gasteiger partial charge in [0.25, 0.3) is 5.69 Å². The predicted octanol–water partition coefficient (Wildman–Crippen LogP) is 2.89. The molecule has 7 heteroatoms. The van der Waals surface area contributed by atoms with E-state index in [2.05, 4.69) is 20.5 Å². The molecule has 0 saturated heterocycles. The van der Waals surface area contributed by atoms with Gasteiger partial charge in [-0.25, -0.2) is 4.98 Å². The molecule has 2 N–H and O–H groups in total. The van der Waals surface area contributed by atoms with Crippen LogP contribution in [-0.4, -0.2) is 20.1 Å². The van der Waals surface area contributed by atoms with E-state index in [0.717, 1.165) is 17.8 Å². The highest BCUT2D eigenvalue weighted by atomic mass is 16.6. The molecule has 20 heavy (non-hydrogen) atoms. The average Bonchev–Trinajstić information content (AvgIpc) is 2.82. The highest BCUT2D eigenvalue weighted by molar-refractivity contribution is 5.63. The van der Waals surface area contributed by atoms with Gasteiger partial charge < -0.3 is 5.32 Å². The van der Waals surface area contributed by atoms with Crippen molar-refractivity contribution in [3.05, 3.63) is 45.5 Å². The summed E-state index contributed by atoms with van der Waals surface area (Å²) in [6.45, 7) is 5.69. The van der Waals surface area contributed by atoms with E-state index < -0.39 is 4.92 Å². The summed E-state index contributed by atoms with van der Waals surface area (Å²) in [5.41, 5.74) is 1.50. The van der Waals surface area contributed by atoms with Crippen LogP contribution in [0.2, 0.25) is 0 Å². The van der Waals surface area contributed by atoms with E-state index in [9.17, 15) is 10.1 Å². The zero-order chi connectivity index (χ0) is 14.7. The number of anilines is 1. The van der Waals surface area contributed by atoms with Crippen LogP contribution in [-0.2, 0) is 0 Å². The minimum Gasteiger partial charge on any atom is -0.369 e. The zero-order valence-corrected chi connectivity index (χ0v) is 11.7. The third kappa shape index (κ3) is 2.93. The maximum atomic E-state index is 11.1. The van der Waals surface area contributed by atoms with Crippen molar-refractivity contribution < 1.29 is 4.92 Å². The van der Waals surface area contributed by atoms with Crippen molar-refractivity contribution in [2.75, 3.05) is 5.32 Å². The Morgan fingerprint density at radius 2 is 2.20 bits per heavy atom. The molecule has 7 nitrogen and oxygen atoms in total. The lowest BCUT2D eigenvalue weighted by Crippen LogP contribution is -2.13. The molecule has 106 valence electrons. The summed E-state index contributed by atoms with van der Waals surface area (Å²) in [5.74, 6) is 1.33. The van der Waals surface area contributed by atoms with Gasteiger partial charge in [0, 0.05) is 6.07 Å². The number of nitro benzene ring substituents is 1. The zero-order valence-electron chi connectivity index (χ0n) is 11.7. The van der Waals surface area contributed by atoms with Gasteiger partial charge in [-0.3, -0.25) is 15.2 Å². The van der Waals surface area contributed by atoms with E-state index >= 15 is 0 Å². The van der Waals surface area contributed by atoms with Crippen LogP contribution in [0.25, 0.3) is 0 Å². The largest absolute Gasteiger partial charge is 0.369 e. The Morgan fingerprint density at radius 3 is 2.75 bits per heavy atom. The number of nitrogens with one attached hydrogen (secondary N) is 2. The molecule has 1 heterocycles. The summed E-state index contributed by atoms with van der Waals surface area (Å²) in [7, 11) is 0. The molecule has 0 spiro atoms. The number of nitro groups is 1. The molecule has 0 unspecified atom stereocenters. The summed E-state index contributed by atoms with van der Waals surface area (Å²) < 4.78 is 0. The van der Waals surface area contributed by atoms with Crippen LogP contribution in [0.5, 0.6) is 0 Å². The number of H-pyrrole nitrogens is 1. The van der Waals surface area contributed by atoms with Crippen molar-refractivity contribution in [1.82, 2.24) is 15.2 Å². The smallest absolute Gasteiger partial charge is 0.292 e. The molecule has 2 aromatic rings. The first-order valence-electron chi connectivity index (χ1n) is 6.41. The molecule has 1 atom stereocenters. The number of nitrogens with zero attached hydrogens (tertiary/aromatic N) is 3. The molecule has 0 fully saturated rings. The second-order valence-corrected chi connectivity index (χ2v) is 4.66. The van der Waals surface area contributed by atoms with E-state index in [-0.39, 0.29) is 11.7 Å².